The summed E-state index contributed by atoms with van der Waals surface area (Å²) in [5.41, 5.74) is 1.07. The molecule has 4 atom stereocenters. The van der Waals surface area contributed by atoms with Crippen LogP contribution in [0.3, 0.4) is 0 Å². The summed E-state index contributed by atoms with van der Waals surface area (Å²) >= 11 is 0. The molecule has 2 heterocycles. The van der Waals surface area contributed by atoms with Crippen molar-refractivity contribution >= 4 is 0 Å². The number of aromatic nitrogens is 2. The largest absolute Gasteiger partial charge is 0.312 e. The second-order valence-electron chi connectivity index (χ2n) is 8.03. The van der Waals surface area contributed by atoms with Gasteiger partial charge in [-0.1, -0.05) is 12.8 Å². The van der Waals surface area contributed by atoms with E-state index in [0.717, 1.165) is 30.5 Å². The molecular weight excluding hydrogens is 303 g/mol. The van der Waals surface area contributed by atoms with Crippen molar-refractivity contribution in [2.75, 3.05) is 13.1 Å². The van der Waals surface area contributed by atoms with Gasteiger partial charge in [0.2, 0.25) is 0 Å². The van der Waals surface area contributed by atoms with Crippen LogP contribution in [-0.2, 0) is 6.54 Å². The van der Waals surface area contributed by atoms with E-state index in [2.05, 4.69) is 20.2 Å². The lowest BCUT2D eigenvalue weighted by Crippen LogP contribution is -2.43. The Balaban J connectivity index is 1.29. The van der Waals surface area contributed by atoms with Crippen LogP contribution in [0.2, 0.25) is 0 Å². The van der Waals surface area contributed by atoms with Gasteiger partial charge in [0.1, 0.15) is 12.5 Å². The highest BCUT2D eigenvalue weighted by molar-refractivity contribution is 5.04. The summed E-state index contributed by atoms with van der Waals surface area (Å²) in [6.07, 6.45) is 13.5. The monoisotopic (exact) mass is 332 g/mol. The maximum atomic E-state index is 14.0. The first-order chi connectivity index (χ1) is 11.8. The predicted octanol–water partition coefficient (Wildman–Crippen LogP) is 2.95. The van der Waals surface area contributed by atoms with Crippen LogP contribution < -0.4 is 5.32 Å². The molecule has 1 aromatic rings. The maximum Gasteiger partial charge on any atom is 0.115 e. The van der Waals surface area contributed by atoms with Crippen molar-refractivity contribution in [2.24, 2.45) is 11.8 Å². The van der Waals surface area contributed by atoms with E-state index in [1.54, 1.807) is 6.33 Å². The predicted molar refractivity (Wildman–Crippen MR) is 92.2 cm³/mol. The standard InChI is InChI=1S/C19H29FN4/c20-17-7-19(24(12-17)11-14-8-21-13-22-9-14)10-23-18-3-1-2-16(6-18)15-4-5-15/h8-9,13,15-19,23H,1-7,10-12H2/t16-,17+,18-,19+/m1/s1. The van der Waals surface area contributed by atoms with E-state index in [4.69, 9.17) is 0 Å². The van der Waals surface area contributed by atoms with Crippen LogP contribution in [0.15, 0.2) is 18.7 Å². The summed E-state index contributed by atoms with van der Waals surface area (Å²) < 4.78 is 14.0. The van der Waals surface area contributed by atoms with E-state index >= 15 is 0 Å². The second-order valence-corrected chi connectivity index (χ2v) is 8.03. The summed E-state index contributed by atoms with van der Waals surface area (Å²) in [7, 11) is 0. The molecule has 4 nitrogen and oxygen atoms in total. The lowest BCUT2D eigenvalue weighted by Gasteiger charge is -2.32. The van der Waals surface area contributed by atoms with E-state index in [-0.39, 0.29) is 0 Å². The van der Waals surface area contributed by atoms with Gasteiger partial charge in [-0.05, 0) is 43.9 Å². The molecule has 1 aromatic heterocycles. The molecule has 0 bridgehead atoms. The minimum absolute atomic E-state index is 0.293. The van der Waals surface area contributed by atoms with E-state index in [1.807, 2.05) is 12.4 Å². The fraction of sp³-hybridized carbons (Fsp3) is 0.789. The summed E-state index contributed by atoms with van der Waals surface area (Å²) in [6, 6.07) is 0.937. The number of hydrogen-bond acceptors (Lipinski definition) is 4. The average molecular weight is 332 g/mol. The van der Waals surface area contributed by atoms with Gasteiger partial charge in [0.15, 0.2) is 0 Å². The van der Waals surface area contributed by atoms with Crippen molar-refractivity contribution in [1.29, 1.82) is 0 Å². The smallest absolute Gasteiger partial charge is 0.115 e. The van der Waals surface area contributed by atoms with E-state index < -0.39 is 6.17 Å². The third kappa shape index (κ3) is 4.12. The Morgan fingerprint density at radius 3 is 2.71 bits per heavy atom. The molecule has 0 spiro atoms. The number of nitrogens with zero attached hydrogens (tertiary/aromatic N) is 3. The molecular formula is C19H29FN4. The van der Waals surface area contributed by atoms with Crippen molar-refractivity contribution in [3.05, 3.63) is 24.3 Å². The molecule has 1 saturated heterocycles. The van der Waals surface area contributed by atoms with Crippen LogP contribution in [0, 0.1) is 11.8 Å². The van der Waals surface area contributed by atoms with Crippen LogP contribution >= 0.6 is 0 Å². The molecule has 0 radical (unpaired) electrons. The molecule has 3 aliphatic rings. The first-order valence-corrected chi connectivity index (χ1v) is 9.63. The zero-order valence-electron chi connectivity index (χ0n) is 14.4. The lowest BCUT2D eigenvalue weighted by molar-refractivity contribution is 0.208. The normalized spacial score (nSPS) is 34.5. The highest BCUT2D eigenvalue weighted by Gasteiger charge is 2.36. The van der Waals surface area contributed by atoms with Gasteiger partial charge in [0.05, 0.1) is 0 Å². The number of alkyl halides is 1. The third-order valence-corrected chi connectivity index (χ3v) is 6.12. The Bertz CT molecular complexity index is 521. The van der Waals surface area contributed by atoms with Gasteiger partial charge < -0.3 is 5.32 Å². The molecule has 1 aliphatic heterocycles. The highest BCUT2D eigenvalue weighted by atomic mass is 19.1. The first-order valence-electron chi connectivity index (χ1n) is 9.63. The number of rotatable bonds is 6. The Kier molecular flexibility index (Phi) is 5.09. The van der Waals surface area contributed by atoms with Crippen molar-refractivity contribution in [1.82, 2.24) is 20.2 Å². The van der Waals surface area contributed by atoms with Gasteiger partial charge in [-0.25, -0.2) is 14.4 Å². The maximum absolute atomic E-state index is 14.0. The SMILES string of the molecule is F[C@H]1C[C@@H](CN[C@@H]2CCC[C@@H](C3CC3)C2)N(Cc2cncnc2)C1. The van der Waals surface area contributed by atoms with E-state index in [0.29, 0.717) is 25.0 Å². The quantitative estimate of drug-likeness (QED) is 0.869. The van der Waals surface area contributed by atoms with Crippen molar-refractivity contribution in [2.45, 2.75) is 69.7 Å². The summed E-state index contributed by atoms with van der Waals surface area (Å²) in [5, 5.41) is 3.77. The van der Waals surface area contributed by atoms with Crippen LogP contribution in [-0.4, -0.2) is 46.2 Å². The Morgan fingerprint density at radius 1 is 1.08 bits per heavy atom. The van der Waals surface area contributed by atoms with Crippen molar-refractivity contribution < 1.29 is 4.39 Å². The first kappa shape index (κ1) is 16.4. The van der Waals surface area contributed by atoms with Crippen molar-refractivity contribution in [3.63, 3.8) is 0 Å². The topological polar surface area (TPSA) is 41.0 Å². The number of nitrogens with one attached hydrogen (secondary N) is 1. The average Bonchev–Trinajstić information content (AvgIpc) is 3.39. The summed E-state index contributed by atoms with van der Waals surface area (Å²) in [5.74, 6) is 1.97. The zero-order chi connectivity index (χ0) is 16.4. The molecule has 3 fully saturated rings. The highest BCUT2D eigenvalue weighted by Crippen LogP contribution is 2.43. The number of hydrogen-bond donors (Lipinski definition) is 1. The van der Waals surface area contributed by atoms with Crippen LogP contribution in [0.25, 0.3) is 0 Å². The van der Waals surface area contributed by atoms with Gasteiger partial charge in [-0.2, -0.15) is 0 Å². The van der Waals surface area contributed by atoms with Crippen LogP contribution in [0.5, 0.6) is 0 Å². The number of likely N-dealkylation sites (tertiary alicyclic amines) is 1. The molecule has 2 aliphatic carbocycles. The zero-order valence-corrected chi connectivity index (χ0v) is 14.4. The van der Waals surface area contributed by atoms with Crippen LogP contribution in [0.4, 0.5) is 4.39 Å². The minimum Gasteiger partial charge on any atom is -0.312 e. The van der Waals surface area contributed by atoms with Gasteiger partial charge in [-0.3, -0.25) is 4.90 Å². The Labute approximate surface area is 144 Å². The van der Waals surface area contributed by atoms with Gasteiger partial charge in [-0.15, -0.1) is 0 Å². The van der Waals surface area contributed by atoms with E-state index in [1.165, 1.54) is 38.5 Å². The summed E-state index contributed by atoms with van der Waals surface area (Å²) in [6.45, 7) is 2.20. The Morgan fingerprint density at radius 2 is 1.92 bits per heavy atom. The molecule has 0 unspecified atom stereocenters. The second kappa shape index (κ2) is 7.44. The molecule has 0 amide bonds. The molecule has 5 heteroatoms. The van der Waals surface area contributed by atoms with Gasteiger partial charge >= 0.3 is 0 Å². The van der Waals surface area contributed by atoms with Crippen LogP contribution in [0.1, 0.15) is 50.5 Å². The molecule has 0 aromatic carbocycles. The Hall–Kier alpha value is -1.07. The molecule has 2 saturated carbocycles. The van der Waals surface area contributed by atoms with Gasteiger partial charge in [0, 0.05) is 49.7 Å². The van der Waals surface area contributed by atoms with Gasteiger partial charge in [0.25, 0.3) is 0 Å². The summed E-state index contributed by atoms with van der Waals surface area (Å²) in [4.78, 5) is 10.4. The lowest BCUT2D eigenvalue weighted by atomic mass is 9.82. The molecule has 132 valence electrons. The van der Waals surface area contributed by atoms with Crippen molar-refractivity contribution in [3.8, 4) is 0 Å². The van der Waals surface area contributed by atoms with E-state index in [9.17, 15) is 4.39 Å². The fourth-order valence-electron chi connectivity index (χ4n) is 4.69. The minimum atomic E-state index is -0.702. The number of halogens is 1. The molecule has 24 heavy (non-hydrogen) atoms. The molecule has 4 rings (SSSR count). The molecule has 1 N–H and O–H groups in total. The third-order valence-electron chi connectivity index (χ3n) is 6.12. The fourth-order valence-corrected chi connectivity index (χ4v) is 4.69.